The molecule has 0 aromatic carbocycles. The molecule has 10 heavy (non-hydrogen) atoms. The molecule has 0 aromatic rings. The van der Waals surface area contributed by atoms with Crippen LogP contribution in [0.2, 0.25) is 6.32 Å². The number of allylic oxidation sites excluding steroid dienone is 2. The number of carbonyl (C=O) groups is 1. The first-order valence-corrected chi connectivity index (χ1v) is 3.22. The summed E-state index contributed by atoms with van der Waals surface area (Å²) in [7, 11) is 0. The van der Waals surface area contributed by atoms with Gasteiger partial charge in [-0.25, -0.2) is 0 Å². The zero-order chi connectivity index (χ0) is 7.82. The van der Waals surface area contributed by atoms with E-state index < -0.39 is 0 Å². The van der Waals surface area contributed by atoms with Crippen molar-refractivity contribution in [3.8, 4) is 0 Å². The molecule has 0 aliphatic rings. The van der Waals surface area contributed by atoms with E-state index >= 15 is 0 Å². The number of ketones is 1. The van der Waals surface area contributed by atoms with Crippen molar-refractivity contribution in [3.05, 3.63) is 12.2 Å². The van der Waals surface area contributed by atoms with Crippen LogP contribution in [0.15, 0.2) is 12.2 Å². The van der Waals surface area contributed by atoms with Gasteiger partial charge in [0, 0.05) is 0 Å². The predicted octanol–water partition coefficient (Wildman–Crippen LogP) is 0.0486. The van der Waals surface area contributed by atoms with E-state index in [2.05, 4.69) is 0 Å². The molecular formula is C7H11BO2. The summed E-state index contributed by atoms with van der Waals surface area (Å²) in [6.45, 7) is 3.46. The summed E-state index contributed by atoms with van der Waals surface area (Å²) < 4.78 is 0. The summed E-state index contributed by atoms with van der Waals surface area (Å²) >= 11 is 0. The molecule has 0 rings (SSSR count). The van der Waals surface area contributed by atoms with Gasteiger partial charge < -0.3 is 0 Å². The van der Waals surface area contributed by atoms with E-state index in [1.807, 2.05) is 0 Å². The summed E-state index contributed by atoms with van der Waals surface area (Å²) in [5.74, 6) is 1.78. The zero-order valence-electron chi connectivity index (χ0n) is 6.08. The van der Waals surface area contributed by atoms with Crippen LogP contribution in [0.5, 0.6) is 0 Å². The van der Waals surface area contributed by atoms with E-state index in [-0.39, 0.29) is 12.4 Å². The molecule has 2 nitrogen and oxygen atoms in total. The first kappa shape index (κ1) is 9.30. The number of aliphatic hydroxyl groups is 1. The van der Waals surface area contributed by atoms with Crippen molar-refractivity contribution in [1.82, 2.24) is 0 Å². The number of rotatable bonds is 4. The van der Waals surface area contributed by atoms with Gasteiger partial charge in [-0.1, -0.05) is 0 Å². The molecule has 0 spiro atoms. The van der Waals surface area contributed by atoms with E-state index in [0.29, 0.717) is 6.32 Å². The van der Waals surface area contributed by atoms with Crippen LogP contribution in [0.25, 0.3) is 0 Å². The number of hydrogen-bond acceptors (Lipinski definition) is 2. The Hall–Kier alpha value is -0.695. The van der Waals surface area contributed by atoms with Crippen LogP contribution in [-0.4, -0.2) is 30.4 Å². The summed E-state index contributed by atoms with van der Waals surface area (Å²) in [6, 6.07) is 0. The second-order valence-corrected chi connectivity index (χ2v) is 1.91. The molecule has 0 aliphatic heterocycles. The van der Waals surface area contributed by atoms with Gasteiger partial charge in [0.05, 0.1) is 0 Å². The van der Waals surface area contributed by atoms with Gasteiger partial charge >= 0.3 is 60.6 Å². The third-order valence-electron chi connectivity index (χ3n) is 0.874. The van der Waals surface area contributed by atoms with Crippen LogP contribution in [0.4, 0.5) is 0 Å². The molecule has 0 amide bonds. The van der Waals surface area contributed by atoms with Crippen LogP contribution in [-0.2, 0) is 4.79 Å². The average Bonchev–Trinajstić information content (AvgIpc) is 1.87. The van der Waals surface area contributed by atoms with E-state index in [9.17, 15) is 4.79 Å². The van der Waals surface area contributed by atoms with E-state index in [1.165, 1.54) is 13.0 Å². The van der Waals surface area contributed by atoms with Gasteiger partial charge in [0.2, 0.25) is 0 Å². The van der Waals surface area contributed by atoms with Gasteiger partial charge in [-0.2, -0.15) is 0 Å². The van der Waals surface area contributed by atoms with Gasteiger partial charge in [0.15, 0.2) is 0 Å². The van der Waals surface area contributed by atoms with Gasteiger partial charge in [-0.15, -0.1) is 0 Å². The van der Waals surface area contributed by atoms with Gasteiger partial charge in [-0.3, -0.25) is 0 Å². The van der Waals surface area contributed by atoms with Crippen LogP contribution in [0, 0.1) is 0 Å². The molecule has 0 heterocycles. The number of carbonyl (C=O) groups excluding carboxylic acids is 1. The molecule has 1 N–H and O–H groups in total. The minimum atomic E-state index is 0.0358. The molecule has 0 aromatic heterocycles. The number of hydrogen-bond donors (Lipinski definition) is 1. The number of aliphatic hydroxyl groups excluding tert-OH is 1. The van der Waals surface area contributed by atoms with Gasteiger partial charge in [0.25, 0.3) is 0 Å². The topological polar surface area (TPSA) is 37.3 Å². The molecule has 3 heteroatoms. The van der Waals surface area contributed by atoms with Crippen molar-refractivity contribution in [2.75, 3.05) is 6.61 Å². The minimum absolute atomic E-state index is 0.0358. The molecule has 0 atom stereocenters. The molecule has 54 valence electrons. The second-order valence-electron chi connectivity index (χ2n) is 1.91. The van der Waals surface area contributed by atoms with Crippen LogP contribution in [0.3, 0.4) is 0 Å². The SMILES string of the molecule is CC(=O)C=CC=BCCO. The van der Waals surface area contributed by atoms with Gasteiger partial charge in [-0.05, 0) is 0 Å². The Kier molecular flexibility index (Phi) is 5.98. The normalized spacial score (nSPS) is 10.6. The molecule has 0 fully saturated rings. The third-order valence-corrected chi connectivity index (χ3v) is 0.874. The molecule has 0 unspecified atom stereocenters. The zero-order valence-corrected chi connectivity index (χ0v) is 6.08. The first-order valence-electron chi connectivity index (χ1n) is 3.22. The third kappa shape index (κ3) is 7.30. The Morgan fingerprint density at radius 1 is 1.70 bits per heavy atom. The van der Waals surface area contributed by atoms with Crippen LogP contribution < -0.4 is 0 Å². The molecule has 0 saturated carbocycles. The Bertz CT molecular complexity index is 150. The van der Waals surface area contributed by atoms with E-state index in [1.54, 1.807) is 19.0 Å². The van der Waals surface area contributed by atoms with Crippen molar-refractivity contribution in [2.45, 2.75) is 13.2 Å². The average molecular weight is 138 g/mol. The maximum absolute atomic E-state index is 10.3. The van der Waals surface area contributed by atoms with Crippen molar-refractivity contribution in [2.24, 2.45) is 0 Å². The molecule has 0 aliphatic carbocycles. The summed E-state index contributed by atoms with van der Waals surface area (Å²) in [5.41, 5.74) is 0. The van der Waals surface area contributed by atoms with Crippen LogP contribution in [0.1, 0.15) is 6.92 Å². The second kappa shape index (κ2) is 6.43. The quantitative estimate of drug-likeness (QED) is 0.440. The Morgan fingerprint density at radius 3 is 2.90 bits per heavy atom. The molecule has 0 bridgehead atoms. The predicted molar refractivity (Wildman–Crippen MR) is 43.5 cm³/mol. The monoisotopic (exact) mass is 138 g/mol. The standard InChI is InChI=1S/C7H11BO2/c1-7(10)3-2-4-8-5-6-9/h2-4,9H,5-6H2,1H3. The fraction of sp³-hybridized carbons (Fsp3) is 0.429. The summed E-state index contributed by atoms with van der Waals surface area (Å²) in [4.78, 5) is 10.3. The van der Waals surface area contributed by atoms with Crippen molar-refractivity contribution in [3.63, 3.8) is 0 Å². The molecule has 0 saturated heterocycles. The summed E-state index contributed by atoms with van der Waals surface area (Å²) in [6.07, 6.45) is 3.79. The summed E-state index contributed by atoms with van der Waals surface area (Å²) in [5, 5.41) is 8.33. The van der Waals surface area contributed by atoms with Crippen molar-refractivity contribution in [1.29, 1.82) is 0 Å². The van der Waals surface area contributed by atoms with E-state index in [0.717, 1.165) is 0 Å². The van der Waals surface area contributed by atoms with E-state index in [4.69, 9.17) is 5.11 Å². The molecule has 0 radical (unpaired) electrons. The fourth-order valence-electron chi connectivity index (χ4n) is 0.440. The van der Waals surface area contributed by atoms with Crippen molar-refractivity contribution < 1.29 is 9.90 Å². The Balaban J connectivity index is 3.42. The van der Waals surface area contributed by atoms with Gasteiger partial charge in [0.1, 0.15) is 0 Å². The molecular weight excluding hydrogens is 127 g/mol. The van der Waals surface area contributed by atoms with Crippen molar-refractivity contribution >= 4 is 18.7 Å². The Morgan fingerprint density at radius 2 is 2.40 bits per heavy atom. The van der Waals surface area contributed by atoms with Crippen LogP contribution >= 0.6 is 0 Å². The Labute approximate surface area is 61.5 Å². The maximum atomic E-state index is 10.3. The fourth-order valence-corrected chi connectivity index (χ4v) is 0.440. The first-order chi connectivity index (χ1) is 4.77.